The molecule has 0 unspecified atom stereocenters. The Labute approximate surface area is 166 Å². The Bertz CT molecular complexity index is 995. The van der Waals surface area contributed by atoms with E-state index in [1.807, 2.05) is 0 Å². The van der Waals surface area contributed by atoms with Crippen molar-refractivity contribution in [2.75, 3.05) is 6.61 Å². The van der Waals surface area contributed by atoms with Gasteiger partial charge >= 0.3 is 12.3 Å². The molecule has 0 bridgehead atoms. The molecule has 0 saturated carbocycles. The van der Waals surface area contributed by atoms with E-state index in [4.69, 9.17) is 9.47 Å². The molecule has 0 spiro atoms. The van der Waals surface area contributed by atoms with Crippen molar-refractivity contribution < 1.29 is 28.2 Å². The van der Waals surface area contributed by atoms with Gasteiger partial charge in [-0.15, -0.1) is 5.10 Å². The highest BCUT2D eigenvalue weighted by Crippen LogP contribution is 2.38. The molecule has 1 N–H and O–H groups in total. The number of rotatable bonds is 7. The SMILES string of the molecule is CCO[C@H](Oc1nn(-c2ccccc2F)c(-c2ccc(F)nc2)c1Br)C(=O)O. The molecule has 7 nitrogen and oxygen atoms in total. The van der Waals surface area contributed by atoms with E-state index in [2.05, 4.69) is 26.0 Å². The highest BCUT2D eigenvalue weighted by molar-refractivity contribution is 9.10. The fraction of sp³-hybridized carbons (Fsp3) is 0.167. The third kappa shape index (κ3) is 4.02. The number of nitrogens with zero attached hydrogens (tertiary/aromatic N) is 3. The highest BCUT2D eigenvalue weighted by atomic mass is 79.9. The number of carbonyl (C=O) groups is 1. The lowest BCUT2D eigenvalue weighted by Crippen LogP contribution is -2.30. The quantitative estimate of drug-likeness (QED) is 0.432. The van der Waals surface area contributed by atoms with Crippen molar-refractivity contribution in [1.82, 2.24) is 14.8 Å². The zero-order chi connectivity index (χ0) is 20.3. The summed E-state index contributed by atoms with van der Waals surface area (Å²) < 4.78 is 39.4. The predicted molar refractivity (Wildman–Crippen MR) is 98.1 cm³/mol. The smallest absolute Gasteiger partial charge is 0.373 e. The molecular weight excluding hydrogens is 440 g/mol. The predicted octanol–water partition coefficient (Wildman–Crippen LogP) is 3.80. The van der Waals surface area contributed by atoms with Crippen LogP contribution < -0.4 is 4.74 Å². The third-order valence-corrected chi connectivity index (χ3v) is 4.33. The van der Waals surface area contributed by atoms with E-state index >= 15 is 0 Å². The lowest BCUT2D eigenvalue weighted by Gasteiger charge is -2.12. The summed E-state index contributed by atoms with van der Waals surface area (Å²) in [7, 11) is 0. The van der Waals surface area contributed by atoms with Crippen LogP contribution in [0.25, 0.3) is 16.9 Å². The van der Waals surface area contributed by atoms with Crippen molar-refractivity contribution in [2.24, 2.45) is 0 Å². The maximum absolute atomic E-state index is 14.4. The molecule has 10 heteroatoms. The van der Waals surface area contributed by atoms with E-state index in [0.717, 1.165) is 6.07 Å². The molecule has 0 fully saturated rings. The lowest BCUT2D eigenvalue weighted by atomic mass is 10.2. The van der Waals surface area contributed by atoms with Crippen LogP contribution in [0.15, 0.2) is 47.1 Å². The van der Waals surface area contributed by atoms with E-state index in [1.54, 1.807) is 13.0 Å². The number of hydrogen-bond donors (Lipinski definition) is 1. The second kappa shape index (κ2) is 8.44. The molecule has 146 valence electrons. The second-order valence-electron chi connectivity index (χ2n) is 5.44. The van der Waals surface area contributed by atoms with Crippen LogP contribution in [0.4, 0.5) is 8.78 Å². The van der Waals surface area contributed by atoms with Crippen molar-refractivity contribution in [2.45, 2.75) is 13.2 Å². The number of aliphatic carboxylic acids is 1. The molecule has 0 amide bonds. The van der Waals surface area contributed by atoms with Gasteiger partial charge in [0, 0.05) is 18.4 Å². The first-order valence-corrected chi connectivity index (χ1v) is 8.88. The number of carboxylic acid groups (broad SMARTS) is 1. The summed E-state index contributed by atoms with van der Waals surface area (Å²) in [4.78, 5) is 14.9. The van der Waals surface area contributed by atoms with Crippen LogP contribution in [0.2, 0.25) is 0 Å². The summed E-state index contributed by atoms with van der Waals surface area (Å²) in [5.74, 6) is -2.74. The Morgan fingerprint density at radius 1 is 1.29 bits per heavy atom. The third-order valence-electron chi connectivity index (χ3n) is 3.62. The monoisotopic (exact) mass is 453 g/mol. The maximum atomic E-state index is 14.4. The Morgan fingerprint density at radius 3 is 2.64 bits per heavy atom. The van der Waals surface area contributed by atoms with Crippen molar-refractivity contribution in [3.8, 4) is 22.8 Å². The summed E-state index contributed by atoms with van der Waals surface area (Å²) in [6.07, 6.45) is -0.361. The average molecular weight is 454 g/mol. The van der Waals surface area contributed by atoms with Crippen molar-refractivity contribution in [1.29, 1.82) is 0 Å². The van der Waals surface area contributed by atoms with E-state index in [1.165, 1.54) is 35.1 Å². The van der Waals surface area contributed by atoms with Crippen LogP contribution in [0.5, 0.6) is 5.88 Å². The first kappa shape index (κ1) is 19.9. The largest absolute Gasteiger partial charge is 0.477 e. The Morgan fingerprint density at radius 2 is 2.04 bits per heavy atom. The fourth-order valence-corrected chi connectivity index (χ4v) is 3.00. The van der Waals surface area contributed by atoms with E-state index in [0.29, 0.717) is 11.3 Å². The number of ether oxygens (including phenoxy) is 2. The molecule has 2 heterocycles. The van der Waals surface area contributed by atoms with E-state index in [-0.39, 0.29) is 22.6 Å². The zero-order valence-electron chi connectivity index (χ0n) is 14.5. The number of carboxylic acids is 1. The summed E-state index contributed by atoms with van der Waals surface area (Å²) in [5.41, 5.74) is 0.788. The molecule has 1 atom stereocenters. The maximum Gasteiger partial charge on any atom is 0.373 e. The van der Waals surface area contributed by atoms with Gasteiger partial charge < -0.3 is 14.6 Å². The molecule has 1 aromatic carbocycles. The Kier molecular flexibility index (Phi) is 6.00. The van der Waals surface area contributed by atoms with Gasteiger partial charge in [-0.3, -0.25) is 0 Å². The van der Waals surface area contributed by atoms with Gasteiger partial charge in [-0.1, -0.05) is 12.1 Å². The highest BCUT2D eigenvalue weighted by Gasteiger charge is 2.27. The van der Waals surface area contributed by atoms with E-state index in [9.17, 15) is 18.7 Å². The molecular formula is C18H14BrF2N3O4. The first-order valence-electron chi connectivity index (χ1n) is 8.08. The van der Waals surface area contributed by atoms with Crippen molar-refractivity contribution in [3.63, 3.8) is 0 Å². The van der Waals surface area contributed by atoms with Gasteiger partial charge in [0.05, 0.1) is 5.69 Å². The summed E-state index contributed by atoms with van der Waals surface area (Å²) >= 11 is 3.31. The van der Waals surface area contributed by atoms with Crippen LogP contribution in [-0.4, -0.2) is 38.7 Å². The Balaban J connectivity index is 2.16. The molecule has 3 rings (SSSR count). The number of aromatic nitrogens is 3. The lowest BCUT2D eigenvalue weighted by molar-refractivity contribution is -0.170. The number of pyridine rings is 1. The van der Waals surface area contributed by atoms with Gasteiger partial charge in [-0.2, -0.15) is 4.39 Å². The van der Waals surface area contributed by atoms with Crippen molar-refractivity contribution in [3.05, 3.63) is 58.8 Å². The normalized spacial score (nSPS) is 12.0. The van der Waals surface area contributed by atoms with Gasteiger partial charge in [-0.25, -0.2) is 18.9 Å². The van der Waals surface area contributed by atoms with Gasteiger partial charge in [0.1, 0.15) is 16.0 Å². The van der Waals surface area contributed by atoms with Gasteiger partial charge in [-0.05, 0) is 47.1 Å². The minimum Gasteiger partial charge on any atom is -0.477 e. The van der Waals surface area contributed by atoms with Crippen LogP contribution in [0.3, 0.4) is 0 Å². The summed E-state index contributed by atoms with van der Waals surface area (Å²) in [6.45, 7) is 1.71. The first-order chi connectivity index (χ1) is 13.4. The standard InChI is InChI=1S/C18H14BrF2N3O4/c1-2-27-18(17(25)26)28-16-14(19)15(10-7-8-13(21)22-9-10)24(23-16)12-6-4-3-5-11(12)20/h3-9,18H,2H2,1H3,(H,25,26)/t18-/m1/s1. The Hall–Kier alpha value is -2.85. The van der Waals surface area contributed by atoms with Gasteiger partial charge in [0.25, 0.3) is 5.88 Å². The molecule has 0 aliphatic rings. The molecule has 0 aliphatic heterocycles. The van der Waals surface area contributed by atoms with Gasteiger partial charge in [0.15, 0.2) is 0 Å². The van der Waals surface area contributed by atoms with Gasteiger partial charge in [0.2, 0.25) is 5.95 Å². The van der Waals surface area contributed by atoms with E-state index < -0.39 is 24.0 Å². The molecule has 28 heavy (non-hydrogen) atoms. The molecule has 2 aromatic heterocycles. The summed E-state index contributed by atoms with van der Waals surface area (Å²) in [6, 6.07) is 8.43. The minimum atomic E-state index is -1.61. The van der Waals surface area contributed by atoms with Crippen LogP contribution in [0.1, 0.15) is 6.92 Å². The zero-order valence-corrected chi connectivity index (χ0v) is 16.1. The number of benzene rings is 1. The van der Waals surface area contributed by atoms with Crippen LogP contribution in [-0.2, 0) is 9.53 Å². The number of para-hydroxylation sites is 1. The molecule has 3 aromatic rings. The number of halogens is 3. The topological polar surface area (TPSA) is 86.5 Å². The minimum absolute atomic E-state index is 0.0839. The number of hydrogen-bond acceptors (Lipinski definition) is 5. The fourth-order valence-electron chi connectivity index (χ4n) is 2.43. The van der Waals surface area contributed by atoms with Crippen LogP contribution in [0, 0.1) is 11.8 Å². The van der Waals surface area contributed by atoms with Crippen molar-refractivity contribution >= 4 is 21.9 Å². The second-order valence-corrected chi connectivity index (χ2v) is 6.24. The average Bonchev–Trinajstić information content (AvgIpc) is 2.98. The molecule has 0 aliphatic carbocycles. The summed E-state index contributed by atoms with van der Waals surface area (Å²) in [5, 5.41) is 13.4. The molecule has 0 radical (unpaired) electrons. The van der Waals surface area contributed by atoms with Crippen LogP contribution >= 0.6 is 15.9 Å². The molecule has 0 saturated heterocycles.